The molecule has 0 radical (unpaired) electrons. The Bertz CT molecular complexity index is 369. The van der Waals surface area contributed by atoms with Crippen molar-refractivity contribution >= 4 is 5.97 Å². The van der Waals surface area contributed by atoms with Crippen LogP contribution in [0.4, 0.5) is 0 Å². The van der Waals surface area contributed by atoms with Crippen molar-refractivity contribution in [1.29, 1.82) is 0 Å². The van der Waals surface area contributed by atoms with E-state index in [2.05, 4.69) is 39.0 Å². The van der Waals surface area contributed by atoms with E-state index in [0.29, 0.717) is 5.92 Å². The predicted octanol–water partition coefficient (Wildman–Crippen LogP) is 3.66. The average molecular weight is 220 g/mol. The van der Waals surface area contributed by atoms with E-state index in [1.807, 2.05) is 0 Å². The highest BCUT2D eigenvalue weighted by Crippen LogP contribution is 2.26. The lowest BCUT2D eigenvalue weighted by atomic mass is 9.90. The normalized spacial score (nSPS) is 12.4. The Kier molecular flexibility index (Phi) is 4.53. The SMILES string of the molecule is CC[C@@H](CCC(=O)O)c1ccc(C)c(C)c1. The van der Waals surface area contributed by atoms with Gasteiger partial charge in [0.2, 0.25) is 0 Å². The summed E-state index contributed by atoms with van der Waals surface area (Å²) in [6.45, 7) is 6.31. The molecular weight excluding hydrogens is 200 g/mol. The number of carboxylic acid groups (broad SMARTS) is 1. The van der Waals surface area contributed by atoms with Crippen LogP contribution in [0.25, 0.3) is 0 Å². The summed E-state index contributed by atoms with van der Waals surface area (Å²) in [6, 6.07) is 6.43. The smallest absolute Gasteiger partial charge is 0.303 e. The van der Waals surface area contributed by atoms with Crippen LogP contribution in [-0.4, -0.2) is 11.1 Å². The molecule has 88 valence electrons. The van der Waals surface area contributed by atoms with Gasteiger partial charge in [0, 0.05) is 6.42 Å². The number of benzene rings is 1. The molecule has 0 aliphatic heterocycles. The van der Waals surface area contributed by atoms with E-state index in [9.17, 15) is 4.79 Å². The summed E-state index contributed by atoms with van der Waals surface area (Å²) in [5.74, 6) is -0.335. The van der Waals surface area contributed by atoms with Crippen LogP contribution in [0.2, 0.25) is 0 Å². The fourth-order valence-electron chi connectivity index (χ4n) is 1.92. The Morgan fingerprint density at radius 3 is 2.50 bits per heavy atom. The maximum Gasteiger partial charge on any atom is 0.303 e. The highest BCUT2D eigenvalue weighted by Gasteiger charge is 2.11. The first-order chi connectivity index (χ1) is 7.54. The fourth-order valence-corrected chi connectivity index (χ4v) is 1.92. The Morgan fingerprint density at radius 1 is 1.31 bits per heavy atom. The molecule has 0 aliphatic rings. The Hall–Kier alpha value is -1.31. The number of rotatable bonds is 5. The van der Waals surface area contributed by atoms with Crippen molar-refractivity contribution in [2.45, 2.75) is 46.0 Å². The van der Waals surface area contributed by atoms with E-state index in [1.165, 1.54) is 16.7 Å². The van der Waals surface area contributed by atoms with Crippen LogP contribution in [0.3, 0.4) is 0 Å². The molecule has 1 aromatic carbocycles. The molecule has 0 aliphatic carbocycles. The Labute approximate surface area is 97.3 Å². The van der Waals surface area contributed by atoms with Crippen molar-refractivity contribution in [3.05, 3.63) is 34.9 Å². The third-order valence-electron chi connectivity index (χ3n) is 3.20. The molecule has 0 spiro atoms. The van der Waals surface area contributed by atoms with Gasteiger partial charge in [-0.15, -0.1) is 0 Å². The minimum Gasteiger partial charge on any atom is -0.481 e. The number of hydrogen-bond acceptors (Lipinski definition) is 1. The fraction of sp³-hybridized carbons (Fsp3) is 0.500. The van der Waals surface area contributed by atoms with Gasteiger partial charge in [-0.2, -0.15) is 0 Å². The molecule has 0 bridgehead atoms. The van der Waals surface area contributed by atoms with Crippen LogP contribution >= 0.6 is 0 Å². The first-order valence-corrected chi connectivity index (χ1v) is 5.83. The molecule has 1 atom stereocenters. The molecular formula is C14H20O2. The second-order valence-corrected chi connectivity index (χ2v) is 4.38. The first-order valence-electron chi connectivity index (χ1n) is 5.83. The van der Waals surface area contributed by atoms with Crippen LogP contribution < -0.4 is 0 Å². The second kappa shape index (κ2) is 5.69. The van der Waals surface area contributed by atoms with Crippen molar-refractivity contribution in [3.63, 3.8) is 0 Å². The maximum atomic E-state index is 10.6. The zero-order valence-electron chi connectivity index (χ0n) is 10.3. The van der Waals surface area contributed by atoms with Gasteiger partial charge < -0.3 is 5.11 Å². The van der Waals surface area contributed by atoms with Gasteiger partial charge in [0.25, 0.3) is 0 Å². The molecule has 1 N–H and O–H groups in total. The van der Waals surface area contributed by atoms with Gasteiger partial charge in [0.1, 0.15) is 0 Å². The lowest BCUT2D eigenvalue weighted by Gasteiger charge is -2.15. The van der Waals surface area contributed by atoms with E-state index < -0.39 is 5.97 Å². The highest BCUT2D eigenvalue weighted by molar-refractivity contribution is 5.66. The van der Waals surface area contributed by atoms with Gasteiger partial charge in [0.05, 0.1) is 0 Å². The average Bonchev–Trinajstić information content (AvgIpc) is 2.23. The molecule has 2 nitrogen and oxygen atoms in total. The zero-order chi connectivity index (χ0) is 12.1. The molecule has 1 aromatic rings. The number of carbonyl (C=O) groups is 1. The van der Waals surface area contributed by atoms with Gasteiger partial charge in [-0.25, -0.2) is 0 Å². The predicted molar refractivity (Wildman–Crippen MR) is 65.8 cm³/mol. The van der Waals surface area contributed by atoms with Gasteiger partial charge >= 0.3 is 5.97 Å². The van der Waals surface area contributed by atoms with Crippen molar-refractivity contribution in [3.8, 4) is 0 Å². The number of aryl methyl sites for hydroxylation is 2. The van der Waals surface area contributed by atoms with Crippen molar-refractivity contribution < 1.29 is 9.90 Å². The van der Waals surface area contributed by atoms with Crippen LogP contribution in [0.1, 0.15) is 48.8 Å². The van der Waals surface area contributed by atoms with Crippen molar-refractivity contribution in [2.75, 3.05) is 0 Å². The molecule has 16 heavy (non-hydrogen) atoms. The molecule has 0 aromatic heterocycles. The molecule has 0 unspecified atom stereocenters. The third kappa shape index (κ3) is 3.37. The monoisotopic (exact) mass is 220 g/mol. The standard InChI is InChI=1S/C14H20O2/c1-4-12(7-8-14(15)16)13-6-5-10(2)11(3)9-13/h5-6,9,12H,4,7-8H2,1-3H3,(H,15,16)/t12-/m0/s1. The number of aliphatic carboxylic acids is 1. The topological polar surface area (TPSA) is 37.3 Å². The summed E-state index contributed by atoms with van der Waals surface area (Å²) >= 11 is 0. The quantitative estimate of drug-likeness (QED) is 0.822. The van der Waals surface area contributed by atoms with E-state index in [1.54, 1.807) is 0 Å². The minimum atomic E-state index is -0.706. The molecule has 1 rings (SSSR count). The maximum absolute atomic E-state index is 10.6. The summed E-state index contributed by atoms with van der Waals surface area (Å²) in [7, 11) is 0. The highest BCUT2D eigenvalue weighted by atomic mass is 16.4. The Balaban J connectivity index is 2.78. The second-order valence-electron chi connectivity index (χ2n) is 4.38. The molecule has 0 saturated heterocycles. The molecule has 2 heteroatoms. The number of carboxylic acids is 1. The molecule has 0 fully saturated rings. The summed E-state index contributed by atoms with van der Waals surface area (Å²) in [5.41, 5.74) is 3.84. The van der Waals surface area contributed by atoms with Crippen LogP contribution in [-0.2, 0) is 4.79 Å². The minimum absolute atomic E-state index is 0.255. The molecule has 0 heterocycles. The summed E-state index contributed by atoms with van der Waals surface area (Å²) in [5, 5.41) is 8.70. The molecule has 0 amide bonds. The van der Waals surface area contributed by atoms with Crippen molar-refractivity contribution in [2.24, 2.45) is 0 Å². The van der Waals surface area contributed by atoms with Crippen LogP contribution in [0.15, 0.2) is 18.2 Å². The summed E-state index contributed by atoms with van der Waals surface area (Å²) in [6.07, 6.45) is 1.98. The van der Waals surface area contributed by atoms with Gasteiger partial charge in [-0.3, -0.25) is 4.79 Å². The first kappa shape index (κ1) is 12.8. The van der Waals surface area contributed by atoms with E-state index >= 15 is 0 Å². The van der Waals surface area contributed by atoms with Gasteiger partial charge in [-0.1, -0.05) is 25.1 Å². The van der Waals surface area contributed by atoms with E-state index in [-0.39, 0.29) is 6.42 Å². The van der Waals surface area contributed by atoms with Gasteiger partial charge in [-0.05, 0) is 49.3 Å². The summed E-state index contributed by atoms with van der Waals surface area (Å²) < 4.78 is 0. The third-order valence-corrected chi connectivity index (χ3v) is 3.20. The lowest BCUT2D eigenvalue weighted by Crippen LogP contribution is -2.03. The number of hydrogen-bond donors (Lipinski definition) is 1. The van der Waals surface area contributed by atoms with Crippen molar-refractivity contribution in [1.82, 2.24) is 0 Å². The van der Waals surface area contributed by atoms with Gasteiger partial charge in [0.15, 0.2) is 0 Å². The largest absolute Gasteiger partial charge is 0.481 e. The zero-order valence-corrected chi connectivity index (χ0v) is 10.3. The van der Waals surface area contributed by atoms with E-state index in [0.717, 1.165) is 12.8 Å². The summed E-state index contributed by atoms with van der Waals surface area (Å²) in [4.78, 5) is 10.6. The van der Waals surface area contributed by atoms with Crippen LogP contribution in [0.5, 0.6) is 0 Å². The lowest BCUT2D eigenvalue weighted by molar-refractivity contribution is -0.137. The van der Waals surface area contributed by atoms with Crippen LogP contribution in [0, 0.1) is 13.8 Å². The molecule has 0 saturated carbocycles. The van der Waals surface area contributed by atoms with E-state index in [4.69, 9.17) is 5.11 Å². The Morgan fingerprint density at radius 2 is 2.00 bits per heavy atom.